The average molecular weight is 298 g/mol. The number of aliphatic hydroxyl groups excluding tert-OH is 1. The van der Waals surface area contributed by atoms with E-state index in [0.717, 1.165) is 21.0 Å². The van der Waals surface area contributed by atoms with Crippen LogP contribution in [-0.4, -0.2) is 11.0 Å². The smallest absolute Gasteiger partial charge is 0.221 e. The van der Waals surface area contributed by atoms with Crippen LogP contribution < -0.4 is 5.32 Å². The number of carbonyl (C=O) groups excluding carboxylic acids is 1. The number of aliphatic hydroxyl groups is 1. The van der Waals surface area contributed by atoms with E-state index >= 15 is 0 Å². The lowest BCUT2D eigenvalue weighted by atomic mass is 10.1. The molecule has 0 aliphatic carbocycles. The van der Waals surface area contributed by atoms with Gasteiger partial charge in [0.15, 0.2) is 0 Å². The highest BCUT2D eigenvalue weighted by Gasteiger charge is 2.06. The summed E-state index contributed by atoms with van der Waals surface area (Å²) in [6.45, 7) is 1.38. The minimum atomic E-state index is -0.109. The van der Waals surface area contributed by atoms with Crippen molar-refractivity contribution in [3.8, 4) is 6.07 Å². The van der Waals surface area contributed by atoms with Gasteiger partial charge in [0, 0.05) is 22.4 Å². The molecule has 0 fully saturated rings. The van der Waals surface area contributed by atoms with Crippen molar-refractivity contribution in [2.24, 2.45) is 0 Å². The van der Waals surface area contributed by atoms with Gasteiger partial charge in [0.1, 0.15) is 6.07 Å². The lowest BCUT2D eigenvalue weighted by molar-refractivity contribution is -0.114. The standard InChI is InChI=1S/C16H14N2O2S/c1-11(20)18-14-3-5-15(6-4-14)21-16-7-2-12(10-19)8-13(16)9-17/h2-8,19H,10H2,1H3,(H,18,20). The fourth-order valence-electron chi connectivity index (χ4n) is 1.79. The maximum absolute atomic E-state index is 11.0. The summed E-state index contributed by atoms with van der Waals surface area (Å²) in [5.74, 6) is -0.109. The molecule has 0 heterocycles. The van der Waals surface area contributed by atoms with Gasteiger partial charge < -0.3 is 10.4 Å². The fraction of sp³-hybridized carbons (Fsp3) is 0.125. The van der Waals surface area contributed by atoms with Gasteiger partial charge in [-0.15, -0.1) is 0 Å². The molecule has 0 saturated heterocycles. The van der Waals surface area contributed by atoms with Gasteiger partial charge in [-0.2, -0.15) is 5.26 Å². The van der Waals surface area contributed by atoms with Gasteiger partial charge in [0.05, 0.1) is 12.2 Å². The number of nitrogens with zero attached hydrogens (tertiary/aromatic N) is 1. The van der Waals surface area contributed by atoms with Crippen molar-refractivity contribution in [2.75, 3.05) is 5.32 Å². The van der Waals surface area contributed by atoms with E-state index in [2.05, 4.69) is 11.4 Å². The molecule has 0 spiro atoms. The summed E-state index contributed by atoms with van der Waals surface area (Å²) in [6, 6.07) is 14.9. The summed E-state index contributed by atoms with van der Waals surface area (Å²) < 4.78 is 0. The minimum absolute atomic E-state index is 0.0783. The van der Waals surface area contributed by atoms with E-state index < -0.39 is 0 Å². The van der Waals surface area contributed by atoms with Crippen LogP contribution in [-0.2, 0) is 11.4 Å². The van der Waals surface area contributed by atoms with Gasteiger partial charge in [0.25, 0.3) is 0 Å². The molecule has 2 rings (SSSR count). The lowest BCUT2D eigenvalue weighted by Crippen LogP contribution is -2.05. The number of carbonyl (C=O) groups is 1. The summed E-state index contributed by atoms with van der Waals surface area (Å²) in [4.78, 5) is 12.8. The molecule has 0 saturated carbocycles. The second-order valence-corrected chi connectivity index (χ2v) is 5.52. The van der Waals surface area contributed by atoms with Crippen LogP contribution in [0.1, 0.15) is 18.1 Å². The zero-order valence-corrected chi connectivity index (χ0v) is 12.3. The van der Waals surface area contributed by atoms with Gasteiger partial charge in [0.2, 0.25) is 5.91 Å². The molecule has 1 amide bonds. The van der Waals surface area contributed by atoms with Crippen molar-refractivity contribution in [3.05, 3.63) is 53.6 Å². The average Bonchev–Trinajstić information content (AvgIpc) is 2.49. The van der Waals surface area contributed by atoms with Gasteiger partial charge in [-0.25, -0.2) is 0 Å². The van der Waals surface area contributed by atoms with E-state index in [1.165, 1.54) is 18.7 Å². The van der Waals surface area contributed by atoms with Crippen LogP contribution in [0.3, 0.4) is 0 Å². The van der Waals surface area contributed by atoms with Crippen LogP contribution >= 0.6 is 11.8 Å². The normalized spacial score (nSPS) is 9.95. The third-order valence-corrected chi connectivity index (χ3v) is 3.83. The molecule has 5 heteroatoms. The third-order valence-electron chi connectivity index (χ3n) is 2.75. The van der Waals surface area contributed by atoms with Gasteiger partial charge >= 0.3 is 0 Å². The molecule has 0 aromatic heterocycles. The molecule has 21 heavy (non-hydrogen) atoms. The molecular weight excluding hydrogens is 284 g/mol. The number of rotatable bonds is 4. The Kier molecular flexibility index (Phi) is 4.99. The quantitative estimate of drug-likeness (QED) is 0.909. The summed E-state index contributed by atoms with van der Waals surface area (Å²) in [5, 5.41) is 21.0. The summed E-state index contributed by atoms with van der Waals surface area (Å²) >= 11 is 1.47. The predicted octanol–water partition coefficient (Wildman–Crippen LogP) is 3.16. The first kappa shape index (κ1) is 15.1. The first-order valence-corrected chi connectivity index (χ1v) is 7.13. The number of hydrogen-bond donors (Lipinski definition) is 2. The Labute approximate surface area is 127 Å². The minimum Gasteiger partial charge on any atom is -0.392 e. The van der Waals surface area contributed by atoms with Gasteiger partial charge in [-0.05, 0) is 42.0 Å². The molecule has 0 aliphatic heterocycles. The van der Waals surface area contributed by atoms with Crippen LogP contribution in [0.15, 0.2) is 52.3 Å². The molecule has 0 bridgehead atoms. The molecule has 2 aromatic carbocycles. The van der Waals surface area contributed by atoms with E-state index in [4.69, 9.17) is 10.4 Å². The van der Waals surface area contributed by atoms with Gasteiger partial charge in [-0.1, -0.05) is 17.8 Å². The highest BCUT2D eigenvalue weighted by atomic mass is 32.2. The van der Waals surface area contributed by atoms with E-state index in [0.29, 0.717) is 5.56 Å². The number of amides is 1. The highest BCUT2D eigenvalue weighted by Crippen LogP contribution is 2.31. The Bertz CT molecular complexity index is 690. The molecule has 2 aromatic rings. The van der Waals surface area contributed by atoms with E-state index in [1.807, 2.05) is 30.3 Å². The van der Waals surface area contributed by atoms with Crippen LogP contribution in [0.5, 0.6) is 0 Å². The molecule has 4 nitrogen and oxygen atoms in total. The zero-order chi connectivity index (χ0) is 15.2. The van der Waals surface area contributed by atoms with Crippen molar-refractivity contribution in [3.63, 3.8) is 0 Å². The Morgan fingerprint density at radius 1 is 1.29 bits per heavy atom. The second-order valence-electron chi connectivity index (χ2n) is 4.41. The Balaban J connectivity index is 2.18. The van der Waals surface area contributed by atoms with Gasteiger partial charge in [-0.3, -0.25) is 4.79 Å². The molecular formula is C16H14N2O2S. The van der Waals surface area contributed by atoms with Crippen LogP contribution in [0.4, 0.5) is 5.69 Å². The first-order valence-electron chi connectivity index (χ1n) is 6.32. The third kappa shape index (κ3) is 4.09. The molecule has 0 aliphatic rings. The SMILES string of the molecule is CC(=O)Nc1ccc(Sc2ccc(CO)cc2C#N)cc1. The molecule has 2 N–H and O–H groups in total. The lowest BCUT2D eigenvalue weighted by Gasteiger charge is -2.07. The van der Waals surface area contributed by atoms with Crippen molar-refractivity contribution in [1.29, 1.82) is 5.26 Å². The van der Waals surface area contributed by atoms with Crippen molar-refractivity contribution in [2.45, 2.75) is 23.3 Å². The summed E-state index contributed by atoms with van der Waals surface area (Å²) in [5.41, 5.74) is 2.00. The topological polar surface area (TPSA) is 73.1 Å². The highest BCUT2D eigenvalue weighted by molar-refractivity contribution is 7.99. The van der Waals surface area contributed by atoms with Crippen molar-refractivity contribution < 1.29 is 9.90 Å². The fourth-order valence-corrected chi connectivity index (χ4v) is 2.67. The maximum Gasteiger partial charge on any atom is 0.221 e. The molecule has 0 atom stereocenters. The maximum atomic E-state index is 11.0. The number of benzene rings is 2. The van der Waals surface area contributed by atoms with Crippen molar-refractivity contribution in [1.82, 2.24) is 0 Å². The Morgan fingerprint density at radius 2 is 2.00 bits per heavy atom. The number of nitriles is 1. The van der Waals surface area contributed by atoms with E-state index in [-0.39, 0.29) is 12.5 Å². The molecule has 0 unspecified atom stereocenters. The van der Waals surface area contributed by atoms with E-state index in [1.54, 1.807) is 12.1 Å². The monoisotopic (exact) mass is 298 g/mol. The second kappa shape index (κ2) is 6.93. The van der Waals surface area contributed by atoms with Crippen LogP contribution in [0.25, 0.3) is 0 Å². The van der Waals surface area contributed by atoms with Crippen LogP contribution in [0.2, 0.25) is 0 Å². The predicted molar refractivity (Wildman–Crippen MR) is 81.9 cm³/mol. The number of nitrogens with one attached hydrogen (secondary N) is 1. The molecule has 106 valence electrons. The first-order chi connectivity index (χ1) is 10.1. The van der Waals surface area contributed by atoms with Crippen molar-refractivity contribution >= 4 is 23.4 Å². The largest absolute Gasteiger partial charge is 0.392 e. The number of hydrogen-bond acceptors (Lipinski definition) is 4. The summed E-state index contributed by atoms with van der Waals surface area (Å²) in [6.07, 6.45) is 0. The summed E-state index contributed by atoms with van der Waals surface area (Å²) in [7, 11) is 0. The Hall–Kier alpha value is -2.29. The Morgan fingerprint density at radius 3 is 2.57 bits per heavy atom. The van der Waals surface area contributed by atoms with Crippen LogP contribution in [0, 0.1) is 11.3 Å². The van der Waals surface area contributed by atoms with E-state index in [9.17, 15) is 4.79 Å². The zero-order valence-electron chi connectivity index (χ0n) is 11.5. The molecule has 0 radical (unpaired) electrons. The number of anilines is 1.